The summed E-state index contributed by atoms with van der Waals surface area (Å²) in [7, 11) is 2.01. The van der Waals surface area contributed by atoms with Gasteiger partial charge in [-0.1, -0.05) is 48.5 Å². The van der Waals surface area contributed by atoms with E-state index in [1.807, 2.05) is 55.7 Å². The molecule has 3 rings (SSSR count). The van der Waals surface area contributed by atoms with Crippen LogP contribution in [0.5, 0.6) is 0 Å². The van der Waals surface area contributed by atoms with E-state index in [1.165, 1.54) is 5.52 Å². The van der Waals surface area contributed by atoms with Crippen molar-refractivity contribution in [3.8, 4) is 0 Å². The lowest BCUT2D eigenvalue weighted by molar-refractivity contribution is 0.0993. The predicted molar refractivity (Wildman–Crippen MR) is 77.4 cm³/mol. The molecule has 0 fully saturated rings. The fourth-order valence-corrected chi connectivity index (χ4v) is 2.47. The number of rotatable bonds is 3. The van der Waals surface area contributed by atoms with E-state index < -0.39 is 0 Å². The highest BCUT2D eigenvalue weighted by atomic mass is 16.1. The molecule has 94 valence electrons. The molecule has 0 atom stereocenters. The number of ketones is 1. The fraction of sp³-hybridized carbons (Fsp3) is 0.118. The molecule has 0 spiro atoms. The number of aromatic nitrogens is 1. The van der Waals surface area contributed by atoms with Gasteiger partial charge in [0.2, 0.25) is 0 Å². The number of benzene rings is 2. The lowest BCUT2D eigenvalue weighted by Gasteiger charge is -2.00. The predicted octanol–water partition coefficient (Wildman–Crippen LogP) is 3.60. The molecule has 1 heterocycles. The second-order valence-electron chi connectivity index (χ2n) is 4.75. The first-order chi connectivity index (χ1) is 9.25. The Bertz CT molecular complexity index is 725. The van der Waals surface area contributed by atoms with Gasteiger partial charge in [0.05, 0.1) is 0 Å². The number of Topliss-reactive ketones (excluding diaryl/α,β-unsaturated/α-hetero) is 1. The van der Waals surface area contributed by atoms with Crippen LogP contribution >= 0.6 is 0 Å². The average molecular weight is 249 g/mol. The molecule has 2 aromatic carbocycles. The number of para-hydroxylation sites is 1. The van der Waals surface area contributed by atoms with E-state index in [1.54, 1.807) is 0 Å². The van der Waals surface area contributed by atoms with E-state index in [0.717, 1.165) is 16.5 Å². The van der Waals surface area contributed by atoms with Crippen molar-refractivity contribution >= 4 is 16.7 Å². The molecular weight excluding hydrogens is 234 g/mol. The summed E-state index contributed by atoms with van der Waals surface area (Å²) in [6.45, 7) is 0. The Morgan fingerprint density at radius 3 is 2.47 bits per heavy atom. The van der Waals surface area contributed by atoms with Crippen molar-refractivity contribution in [2.24, 2.45) is 7.05 Å². The van der Waals surface area contributed by atoms with Crippen LogP contribution in [-0.2, 0) is 13.5 Å². The first-order valence-corrected chi connectivity index (χ1v) is 6.37. The third-order valence-corrected chi connectivity index (χ3v) is 3.43. The van der Waals surface area contributed by atoms with Gasteiger partial charge in [-0.3, -0.25) is 4.79 Å². The van der Waals surface area contributed by atoms with Crippen molar-refractivity contribution in [3.63, 3.8) is 0 Å². The third kappa shape index (κ3) is 2.17. The largest absolute Gasteiger partial charge is 0.350 e. The van der Waals surface area contributed by atoms with Crippen molar-refractivity contribution in [1.82, 2.24) is 4.57 Å². The summed E-state index contributed by atoms with van der Waals surface area (Å²) in [5.74, 6) is 0.164. The smallest absolute Gasteiger partial charge is 0.167 e. The van der Waals surface area contributed by atoms with Crippen molar-refractivity contribution in [2.45, 2.75) is 6.42 Å². The van der Waals surface area contributed by atoms with Crippen molar-refractivity contribution < 1.29 is 4.79 Å². The zero-order valence-corrected chi connectivity index (χ0v) is 10.8. The molecule has 0 bridgehead atoms. The van der Waals surface area contributed by atoms with Gasteiger partial charge in [0.25, 0.3) is 0 Å². The van der Waals surface area contributed by atoms with Crippen molar-refractivity contribution in [3.05, 3.63) is 71.9 Å². The van der Waals surface area contributed by atoms with E-state index in [9.17, 15) is 4.79 Å². The van der Waals surface area contributed by atoms with Crippen LogP contribution in [-0.4, -0.2) is 10.4 Å². The molecular formula is C17H15NO. The number of carbonyl (C=O) groups is 1. The molecule has 0 aliphatic rings. The Kier molecular flexibility index (Phi) is 2.92. The quantitative estimate of drug-likeness (QED) is 0.650. The van der Waals surface area contributed by atoms with Crippen molar-refractivity contribution in [1.29, 1.82) is 0 Å². The molecule has 0 N–H and O–H groups in total. The molecule has 0 amide bonds. The van der Waals surface area contributed by atoms with Gasteiger partial charge in [0.1, 0.15) is 0 Å². The Morgan fingerprint density at radius 1 is 1.00 bits per heavy atom. The topological polar surface area (TPSA) is 22.0 Å². The maximum atomic E-state index is 12.3. The number of hydrogen-bond donors (Lipinski definition) is 0. The minimum absolute atomic E-state index is 0.164. The maximum Gasteiger partial charge on any atom is 0.167 e. The van der Waals surface area contributed by atoms with Gasteiger partial charge in [-0.25, -0.2) is 0 Å². The molecule has 0 aliphatic heterocycles. The van der Waals surface area contributed by atoms with Crippen LogP contribution in [0.25, 0.3) is 10.9 Å². The normalized spacial score (nSPS) is 10.8. The number of aryl methyl sites for hydroxylation is 1. The van der Waals surface area contributed by atoms with E-state index in [4.69, 9.17) is 0 Å². The van der Waals surface area contributed by atoms with Crippen LogP contribution < -0.4 is 0 Å². The highest BCUT2D eigenvalue weighted by Gasteiger charge is 2.11. The Morgan fingerprint density at radius 2 is 1.68 bits per heavy atom. The molecule has 19 heavy (non-hydrogen) atoms. The van der Waals surface area contributed by atoms with Gasteiger partial charge in [0.15, 0.2) is 5.78 Å². The summed E-state index contributed by atoms with van der Waals surface area (Å²) in [5, 5.41) is 1.16. The highest BCUT2D eigenvalue weighted by molar-refractivity contribution is 6.00. The van der Waals surface area contributed by atoms with Crippen LogP contribution in [0.2, 0.25) is 0 Å². The summed E-state index contributed by atoms with van der Waals surface area (Å²) in [5.41, 5.74) is 3.03. The molecule has 0 unspecified atom stereocenters. The SMILES string of the molecule is Cn1cc(CC(=O)c2ccccc2)c2ccccc21. The van der Waals surface area contributed by atoms with Crippen LogP contribution in [0, 0.1) is 0 Å². The first-order valence-electron chi connectivity index (χ1n) is 6.37. The first kappa shape index (κ1) is 11.7. The summed E-state index contributed by atoms with van der Waals surface area (Å²) < 4.78 is 2.07. The minimum Gasteiger partial charge on any atom is -0.350 e. The van der Waals surface area contributed by atoms with Crippen LogP contribution in [0.15, 0.2) is 60.8 Å². The molecule has 1 aromatic heterocycles. The fourth-order valence-electron chi connectivity index (χ4n) is 2.47. The van der Waals surface area contributed by atoms with Gasteiger partial charge in [-0.15, -0.1) is 0 Å². The van der Waals surface area contributed by atoms with Gasteiger partial charge < -0.3 is 4.57 Å². The van der Waals surface area contributed by atoms with Gasteiger partial charge in [-0.05, 0) is 11.6 Å². The second-order valence-corrected chi connectivity index (χ2v) is 4.75. The molecule has 0 saturated carbocycles. The van der Waals surface area contributed by atoms with Crippen molar-refractivity contribution in [2.75, 3.05) is 0 Å². The van der Waals surface area contributed by atoms with Crippen LogP contribution in [0.4, 0.5) is 0 Å². The van der Waals surface area contributed by atoms with E-state index >= 15 is 0 Å². The maximum absolute atomic E-state index is 12.3. The Balaban J connectivity index is 1.96. The molecule has 2 nitrogen and oxygen atoms in total. The lowest BCUT2D eigenvalue weighted by atomic mass is 10.0. The second kappa shape index (κ2) is 4.73. The lowest BCUT2D eigenvalue weighted by Crippen LogP contribution is -2.02. The number of carbonyl (C=O) groups excluding carboxylic acids is 1. The van der Waals surface area contributed by atoms with Gasteiger partial charge >= 0.3 is 0 Å². The van der Waals surface area contributed by atoms with E-state index in [0.29, 0.717) is 6.42 Å². The Labute approximate surface area is 112 Å². The summed E-state index contributed by atoms with van der Waals surface area (Å²) >= 11 is 0. The zero-order chi connectivity index (χ0) is 13.2. The van der Waals surface area contributed by atoms with Gasteiger partial charge in [-0.2, -0.15) is 0 Å². The highest BCUT2D eigenvalue weighted by Crippen LogP contribution is 2.21. The number of nitrogens with zero attached hydrogens (tertiary/aromatic N) is 1. The van der Waals surface area contributed by atoms with Gasteiger partial charge in [0, 0.05) is 36.1 Å². The average Bonchev–Trinajstić information content (AvgIpc) is 2.77. The molecule has 3 aromatic rings. The van der Waals surface area contributed by atoms with E-state index in [-0.39, 0.29) is 5.78 Å². The minimum atomic E-state index is 0.164. The number of hydrogen-bond acceptors (Lipinski definition) is 1. The summed E-state index contributed by atoms with van der Waals surface area (Å²) in [6.07, 6.45) is 2.50. The Hall–Kier alpha value is -2.35. The summed E-state index contributed by atoms with van der Waals surface area (Å²) in [6, 6.07) is 17.6. The number of fused-ring (bicyclic) bond motifs is 1. The monoisotopic (exact) mass is 249 g/mol. The molecule has 0 saturated heterocycles. The van der Waals surface area contributed by atoms with Crippen LogP contribution in [0.3, 0.4) is 0 Å². The molecule has 0 radical (unpaired) electrons. The molecule has 2 heteroatoms. The van der Waals surface area contributed by atoms with E-state index in [2.05, 4.69) is 16.7 Å². The van der Waals surface area contributed by atoms with Crippen LogP contribution in [0.1, 0.15) is 15.9 Å². The zero-order valence-electron chi connectivity index (χ0n) is 10.8. The standard InChI is InChI=1S/C17H15NO/c1-18-12-14(15-9-5-6-10-16(15)18)11-17(19)13-7-3-2-4-8-13/h2-10,12H,11H2,1H3. The third-order valence-electron chi connectivity index (χ3n) is 3.43. The molecule has 0 aliphatic carbocycles. The summed E-state index contributed by atoms with van der Waals surface area (Å²) in [4.78, 5) is 12.3.